The molecule has 0 aliphatic heterocycles. The van der Waals surface area contributed by atoms with E-state index in [0.29, 0.717) is 23.4 Å². The van der Waals surface area contributed by atoms with Gasteiger partial charge in [0.25, 0.3) is 0 Å². The zero-order chi connectivity index (χ0) is 10.7. The molecule has 0 fully saturated rings. The highest BCUT2D eigenvalue weighted by molar-refractivity contribution is 7.80. The maximum atomic E-state index is 13.4. The van der Waals surface area contributed by atoms with Crippen molar-refractivity contribution in [2.45, 2.75) is 26.7 Å². The van der Waals surface area contributed by atoms with Crippen molar-refractivity contribution in [1.29, 1.82) is 0 Å². The van der Waals surface area contributed by atoms with Gasteiger partial charge in [0, 0.05) is 6.42 Å². The maximum absolute atomic E-state index is 13.4. The molecule has 3 heteroatoms. The fraction of sp³-hybridized carbons (Fsp3) is 0.364. The quantitative estimate of drug-likeness (QED) is 0.778. The van der Waals surface area contributed by atoms with Crippen molar-refractivity contribution in [2.24, 2.45) is 5.73 Å². The molecular weight excluding hydrogens is 197 g/mol. The molecule has 1 nitrogen and oxygen atoms in total. The molecule has 0 atom stereocenters. The first-order chi connectivity index (χ1) is 6.50. The molecule has 0 saturated carbocycles. The van der Waals surface area contributed by atoms with Gasteiger partial charge in [0.1, 0.15) is 5.82 Å². The summed E-state index contributed by atoms with van der Waals surface area (Å²) < 4.78 is 13.4. The van der Waals surface area contributed by atoms with Crippen molar-refractivity contribution < 1.29 is 4.39 Å². The molecule has 0 spiro atoms. The van der Waals surface area contributed by atoms with Gasteiger partial charge in [-0.1, -0.05) is 18.3 Å². The van der Waals surface area contributed by atoms with Crippen molar-refractivity contribution in [3.63, 3.8) is 0 Å². The Bertz CT molecular complexity index is 361. The lowest BCUT2D eigenvalue weighted by Crippen LogP contribution is -2.09. The summed E-state index contributed by atoms with van der Waals surface area (Å²) in [7, 11) is 0. The van der Waals surface area contributed by atoms with Gasteiger partial charge in [0.15, 0.2) is 0 Å². The monoisotopic (exact) mass is 211 g/mol. The van der Waals surface area contributed by atoms with E-state index in [2.05, 4.69) is 0 Å². The van der Waals surface area contributed by atoms with Crippen molar-refractivity contribution in [3.8, 4) is 0 Å². The Kier molecular flexibility index (Phi) is 3.58. The molecule has 0 aliphatic rings. The molecule has 14 heavy (non-hydrogen) atoms. The molecule has 0 bridgehead atoms. The first-order valence-electron chi connectivity index (χ1n) is 4.54. The van der Waals surface area contributed by atoms with Crippen LogP contribution in [0.2, 0.25) is 0 Å². The van der Waals surface area contributed by atoms with Crippen LogP contribution in [0.4, 0.5) is 4.39 Å². The number of halogens is 1. The van der Waals surface area contributed by atoms with Gasteiger partial charge in [-0.25, -0.2) is 4.39 Å². The van der Waals surface area contributed by atoms with Crippen LogP contribution < -0.4 is 5.73 Å². The molecule has 76 valence electrons. The minimum atomic E-state index is -0.163. The van der Waals surface area contributed by atoms with Gasteiger partial charge in [-0.3, -0.25) is 0 Å². The lowest BCUT2D eigenvalue weighted by atomic mass is 10.0. The Hall–Kier alpha value is -0.960. The van der Waals surface area contributed by atoms with E-state index in [1.807, 2.05) is 19.9 Å². The van der Waals surface area contributed by atoms with Crippen molar-refractivity contribution >= 4 is 17.2 Å². The standard InChI is InChI=1S/C11H14FNS/c1-7-5-9(3-4-11(13)14)10(12)6-8(7)2/h5-6H,3-4H2,1-2H3,(H2,13,14). The van der Waals surface area contributed by atoms with E-state index < -0.39 is 0 Å². The van der Waals surface area contributed by atoms with Crippen LogP contribution in [0.1, 0.15) is 23.1 Å². The predicted molar refractivity (Wildman–Crippen MR) is 61.0 cm³/mol. The molecule has 1 rings (SSSR count). The Morgan fingerprint density at radius 1 is 1.36 bits per heavy atom. The summed E-state index contributed by atoms with van der Waals surface area (Å²) in [5.41, 5.74) is 8.14. The van der Waals surface area contributed by atoms with E-state index in [1.165, 1.54) is 0 Å². The number of aryl methyl sites for hydroxylation is 3. The molecule has 1 aromatic rings. The summed E-state index contributed by atoms with van der Waals surface area (Å²) >= 11 is 4.75. The third-order valence-electron chi connectivity index (χ3n) is 2.30. The van der Waals surface area contributed by atoms with Crippen LogP contribution >= 0.6 is 12.2 Å². The van der Waals surface area contributed by atoms with Crippen LogP contribution in [-0.4, -0.2) is 4.99 Å². The third-order valence-corrected chi connectivity index (χ3v) is 2.51. The molecule has 1 aromatic carbocycles. The molecular formula is C11H14FNS. The summed E-state index contributed by atoms with van der Waals surface area (Å²) in [6.45, 7) is 3.87. The SMILES string of the molecule is Cc1cc(F)c(CCC(N)=S)cc1C. The zero-order valence-corrected chi connectivity index (χ0v) is 9.25. The van der Waals surface area contributed by atoms with Crippen molar-refractivity contribution in [3.05, 3.63) is 34.6 Å². The van der Waals surface area contributed by atoms with E-state index >= 15 is 0 Å². The van der Waals surface area contributed by atoms with Gasteiger partial charge in [-0.05, 0) is 43.0 Å². The van der Waals surface area contributed by atoms with Crippen LogP contribution in [0, 0.1) is 19.7 Å². The minimum Gasteiger partial charge on any atom is -0.393 e. The minimum absolute atomic E-state index is 0.163. The van der Waals surface area contributed by atoms with Crippen LogP contribution in [-0.2, 0) is 6.42 Å². The Morgan fingerprint density at radius 2 is 1.93 bits per heavy atom. The van der Waals surface area contributed by atoms with Crippen molar-refractivity contribution in [1.82, 2.24) is 0 Å². The molecule has 0 aliphatic carbocycles. The summed E-state index contributed by atoms with van der Waals surface area (Å²) in [6.07, 6.45) is 1.15. The highest BCUT2D eigenvalue weighted by atomic mass is 32.1. The van der Waals surface area contributed by atoms with Crippen molar-refractivity contribution in [2.75, 3.05) is 0 Å². The highest BCUT2D eigenvalue weighted by Gasteiger charge is 2.05. The number of rotatable bonds is 3. The fourth-order valence-electron chi connectivity index (χ4n) is 1.29. The normalized spacial score (nSPS) is 10.2. The van der Waals surface area contributed by atoms with E-state index in [0.717, 1.165) is 11.1 Å². The Labute approximate surface area is 89.1 Å². The number of benzene rings is 1. The number of hydrogen-bond acceptors (Lipinski definition) is 1. The average Bonchev–Trinajstić information content (AvgIpc) is 2.09. The average molecular weight is 211 g/mol. The molecule has 0 saturated heterocycles. The van der Waals surface area contributed by atoms with Gasteiger partial charge in [-0.15, -0.1) is 0 Å². The van der Waals surface area contributed by atoms with Gasteiger partial charge >= 0.3 is 0 Å². The van der Waals surface area contributed by atoms with Crippen LogP contribution in [0.25, 0.3) is 0 Å². The summed E-state index contributed by atoms with van der Waals surface area (Å²) in [5, 5.41) is 0. The first kappa shape index (κ1) is 11.1. The molecule has 0 unspecified atom stereocenters. The molecule has 0 aromatic heterocycles. The van der Waals surface area contributed by atoms with E-state index in [9.17, 15) is 4.39 Å². The second-order valence-electron chi connectivity index (χ2n) is 3.49. The third kappa shape index (κ3) is 2.77. The molecule has 2 N–H and O–H groups in total. The first-order valence-corrected chi connectivity index (χ1v) is 4.95. The number of hydrogen-bond donors (Lipinski definition) is 1. The topological polar surface area (TPSA) is 26.0 Å². The fourth-order valence-corrected chi connectivity index (χ4v) is 1.39. The molecule has 0 amide bonds. The smallest absolute Gasteiger partial charge is 0.126 e. The van der Waals surface area contributed by atoms with E-state index in [1.54, 1.807) is 6.07 Å². The van der Waals surface area contributed by atoms with Crippen LogP contribution in [0.15, 0.2) is 12.1 Å². The van der Waals surface area contributed by atoms with Gasteiger partial charge in [0.05, 0.1) is 4.99 Å². The largest absolute Gasteiger partial charge is 0.393 e. The maximum Gasteiger partial charge on any atom is 0.126 e. The second-order valence-corrected chi connectivity index (χ2v) is 4.02. The molecule has 0 heterocycles. The lowest BCUT2D eigenvalue weighted by molar-refractivity contribution is 0.608. The second kappa shape index (κ2) is 4.51. The van der Waals surface area contributed by atoms with Gasteiger partial charge < -0.3 is 5.73 Å². The predicted octanol–water partition coefficient (Wildman–Crippen LogP) is 2.66. The van der Waals surface area contributed by atoms with Crippen LogP contribution in [0.5, 0.6) is 0 Å². The summed E-state index contributed by atoms with van der Waals surface area (Å²) in [4.78, 5) is 0.433. The van der Waals surface area contributed by atoms with Crippen LogP contribution in [0.3, 0.4) is 0 Å². The number of thiocarbonyl (C=S) groups is 1. The number of nitrogens with two attached hydrogens (primary N) is 1. The lowest BCUT2D eigenvalue weighted by Gasteiger charge is -2.06. The molecule has 0 radical (unpaired) electrons. The summed E-state index contributed by atoms with van der Waals surface area (Å²) in [6, 6.07) is 3.42. The highest BCUT2D eigenvalue weighted by Crippen LogP contribution is 2.16. The van der Waals surface area contributed by atoms with Gasteiger partial charge in [-0.2, -0.15) is 0 Å². The Morgan fingerprint density at radius 3 is 2.50 bits per heavy atom. The van der Waals surface area contributed by atoms with Gasteiger partial charge in [0.2, 0.25) is 0 Å². The van der Waals surface area contributed by atoms with E-state index in [-0.39, 0.29) is 5.82 Å². The van der Waals surface area contributed by atoms with E-state index in [4.69, 9.17) is 18.0 Å². The Balaban J connectivity index is 2.87. The zero-order valence-electron chi connectivity index (χ0n) is 8.43. The summed E-state index contributed by atoms with van der Waals surface area (Å²) in [5.74, 6) is -0.163.